The Morgan fingerprint density at radius 1 is 1.15 bits per heavy atom. The van der Waals surface area contributed by atoms with Crippen molar-refractivity contribution in [1.82, 2.24) is 10.2 Å². The summed E-state index contributed by atoms with van der Waals surface area (Å²) >= 11 is 0. The third-order valence-corrected chi connectivity index (χ3v) is 3.77. The van der Waals surface area contributed by atoms with Crippen molar-refractivity contribution in [1.29, 1.82) is 0 Å². The molecular formula is C16H22N2O2. The number of nitrogens with one attached hydrogen (secondary N) is 1. The average Bonchev–Trinajstić information content (AvgIpc) is 2.61. The Hall–Kier alpha value is -1.84. The van der Waals surface area contributed by atoms with Crippen LogP contribution in [-0.2, 0) is 22.6 Å². The minimum Gasteiger partial charge on any atom is -0.344 e. The molecule has 4 heteroatoms. The van der Waals surface area contributed by atoms with Crippen LogP contribution >= 0.6 is 0 Å². The lowest BCUT2D eigenvalue weighted by Crippen LogP contribution is -2.43. The molecule has 1 fully saturated rings. The van der Waals surface area contributed by atoms with Gasteiger partial charge in [0, 0.05) is 19.5 Å². The van der Waals surface area contributed by atoms with Crippen molar-refractivity contribution >= 4 is 11.8 Å². The molecule has 2 amide bonds. The summed E-state index contributed by atoms with van der Waals surface area (Å²) in [6.07, 6.45) is 2.03. The molecule has 0 aromatic heterocycles. The molecule has 1 heterocycles. The van der Waals surface area contributed by atoms with Crippen molar-refractivity contribution in [3.05, 3.63) is 35.4 Å². The molecule has 1 N–H and O–H groups in total. The molecule has 1 atom stereocenters. The lowest BCUT2D eigenvalue weighted by Gasteiger charge is -2.23. The molecule has 1 aliphatic heterocycles. The monoisotopic (exact) mass is 274 g/mol. The first kappa shape index (κ1) is 14.6. The first-order chi connectivity index (χ1) is 9.63. The average molecular weight is 274 g/mol. The predicted octanol–water partition coefficient (Wildman–Crippen LogP) is 1.88. The second kappa shape index (κ2) is 6.55. The van der Waals surface area contributed by atoms with Gasteiger partial charge in [0.05, 0.1) is 0 Å². The molecule has 20 heavy (non-hydrogen) atoms. The standard InChI is InChI=1S/C16H22N2O2/c1-3-12-5-7-13(8-6-12)11-18-10-9-15(19)17-14(4-2)16(18)20/h5-8,14H,3-4,9-11H2,1-2H3,(H,17,19). The molecular weight excluding hydrogens is 252 g/mol. The number of aryl methyl sites for hydroxylation is 1. The van der Waals surface area contributed by atoms with Gasteiger partial charge in [-0.3, -0.25) is 9.59 Å². The Bertz CT molecular complexity index is 482. The van der Waals surface area contributed by atoms with Gasteiger partial charge in [-0.1, -0.05) is 38.1 Å². The van der Waals surface area contributed by atoms with Crippen LogP contribution in [0.25, 0.3) is 0 Å². The number of benzene rings is 1. The molecule has 0 aliphatic carbocycles. The van der Waals surface area contributed by atoms with E-state index in [1.165, 1.54) is 5.56 Å². The summed E-state index contributed by atoms with van der Waals surface area (Å²) in [4.78, 5) is 25.7. The van der Waals surface area contributed by atoms with Gasteiger partial charge in [0.2, 0.25) is 11.8 Å². The topological polar surface area (TPSA) is 49.4 Å². The molecule has 1 aromatic carbocycles. The van der Waals surface area contributed by atoms with Crippen molar-refractivity contribution in [3.8, 4) is 0 Å². The lowest BCUT2D eigenvalue weighted by molar-refractivity contribution is -0.134. The van der Waals surface area contributed by atoms with E-state index in [4.69, 9.17) is 0 Å². The molecule has 4 nitrogen and oxygen atoms in total. The van der Waals surface area contributed by atoms with Crippen LogP contribution in [0.3, 0.4) is 0 Å². The van der Waals surface area contributed by atoms with Crippen molar-refractivity contribution < 1.29 is 9.59 Å². The van der Waals surface area contributed by atoms with Gasteiger partial charge in [0.1, 0.15) is 6.04 Å². The van der Waals surface area contributed by atoms with Crippen LogP contribution in [0.5, 0.6) is 0 Å². The third-order valence-electron chi connectivity index (χ3n) is 3.77. The fourth-order valence-corrected chi connectivity index (χ4v) is 2.43. The van der Waals surface area contributed by atoms with Gasteiger partial charge in [-0.15, -0.1) is 0 Å². The van der Waals surface area contributed by atoms with Crippen LogP contribution < -0.4 is 5.32 Å². The summed E-state index contributed by atoms with van der Waals surface area (Å²) in [5, 5.41) is 2.78. The smallest absolute Gasteiger partial charge is 0.245 e. The summed E-state index contributed by atoms with van der Waals surface area (Å²) in [6, 6.07) is 7.94. The number of rotatable bonds is 4. The number of carbonyl (C=O) groups is 2. The molecule has 1 saturated heterocycles. The first-order valence-corrected chi connectivity index (χ1v) is 7.30. The van der Waals surface area contributed by atoms with Gasteiger partial charge in [-0.25, -0.2) is 0 Å². The van der Waals surface area contributed by atoms with Gasteiger partial charge in [0.15, 0.2) is 0 Å². The maximum atomic E-state index is 12.4. The summed E-state index contributed by atoms with van der Waals surface area (Å²) in [7, 11) is 0. The fourth-order valence-electron chi connectivity index (χ4n) is 2.43. The normalized spacial score (nSPS) is 19.7. The van der Waals surface area contributed by atoms with Crippen LogP contribution in [0.4, 0.5) is 0 Å². The molecule has 2 rings (SSSR count). The molecule has 0 saturated carbocycles. The highest BCUT2D eigenvalue weighted by Gasteiger charge is 2.28. The van der Waals surface area contributed by atoms with Crippen LogP contribution in [-0.4, -0.2) is 29.3 Å². The van der Waals surface area contributed by atoms with Gasteiger partial charge in [0.25, 0.3) is 0 Å². The zero-order valence-electron chi connectivity index (χ0n) is 12.2. The Labute approximate surface area is 120 Å². The van der Waals surface area contributed by atoms with Gasteiger partial charge in [-0.2, -0.15) is 0 Å². The number of hydrogen-bond acceptors (Lipinski definition) is 2. The molecule has 0 radical (unpaired) electrons. The highest BCUT2D eigenvalue weighted by atomic mass is 16.2. The van der Waals surface area contributed by atoms with Crippen LogP contribution in [0.15, 0.2) is 24.3 Å². The van der Waals surface area contributed by atoms with Crippen LogP contribution in [0.2, 0.25) is 0 Å². The van der Waals surface area contributed by atoms with E-state index >= 15 is 0 Å². The van der Waals surface area contributed by atoms with Crippen LogP contribution in [0.1, 0.15) is 37.8 Å². The SMILES string of the molecule is CCc1ccc(CN2CCC(=O)NC(CC)C2=O)cc1. The highest BCUT2D eigenvalue weighted by molar-refractivity contribution is 5.89. The quantitative estimate of drug-likeness (QED) is 0.911. The van der Waals surface area contributed by atoms with Crippen molar-refractivity contribution in [2.24, 2.45) is 0 Å². The Balaban J connectivity index is 2.09. The van der Waals surface area contributed by atoms with E-state index in [2.05, 4.69) is 36.5 Å². The number of amides is 2. The molecule has 0 bridgehead atoms. The second-order valence-corrected chi connectivity index (χ2v) is 5.21. The minimum absolute atomic E-state index is 0.0259. The molecule has 1 unspecified atom stereocenters. The zero-order chi connectivity index (χ0) is 14.5. The molecule has 1 aliphatic rings. The van der Waals surface area contributed by atoms with Gasteiger partial charge in [-0.05, 0) is 24.0 Å². The van der Waals surface area contributed by atoms with E-state index in [9.17, 15) is 9.59 Å². The minimum atomic E-state index is -0.375. The van der Waals surface area contributed by atoms with Crippen LogP contribution in [0, 0.1) is 0 Å². The predicted molar refractivity (Wildman–Crippen MR) is 78.1 cm³/mol. The van der Waals surface area contributed by atoms with Crippen molar-refractivity contribution in [2.45, 2.75) is 45.7 Å². The van der Waals surface area contributed by atoms with E-state index < -0.39 is 0 Å². The maximum absolute atomic E-state index is 12.4. The van der Waals surface area contributed by atoms with Gasteiger partial charge < -0.3 is 10.2 Å². The highest BCUT2D eigenvalue weighted by Crippen LogP contribution is 2.12. The lowest BCUT2D eigenvalue weighted by atomic mass is 10.1. The molecule has 1 aromatic rings. The van der Waals surface area contributed by atoms with Crippen molar-refractivity contribution in [2.75, 3.05) is 6.54 Å². The van der Waals surface area contributed by atoms with Gasteiger partial charge >= 0.3 is 0 Å². The largest absolute Gasteiger partial charge is 0.344 e. The Kier molecular flexibility index (Phi) is 4.77. The third kappa shape index (κ3) is 3.38. The summed E-state index contributed by atoms with van der Waals surface area (Å²) in [6.45, 7) is 5.11. The van der Waals surface area contributed by atoms with E-state index in [0.717, 1.165) is 12.0 Å². The van der Waals surface area contributed by atoms with E-state index in [1.54, 1.807) is 4.90 Å². The Morgan fingerprint density at radius 2 is 1.80 bits per heavy atom. The maximum Gasteiger partial charge on any atom is 0.245 e. The number of hydrogen-bond donors (Lipinski definition) is 1. The summed E-state index contributed by atoms with van der Waals surface area (Å²) in [5.41, 5.74) is 2.40. The molecule has 0 spiro atoms. The second-order valence-electron chi connectivity index (χ2n) is 5.21. The summed E-state index contributed by atoms with van der Waals surface area (Å²) in [5.74, 6) is -0.00745. The molecule has 108 valence electrons. The number of nitrogens with zero attached hydrogens (tertiary/aromatic N) is 1. The fraction of sp³-hybridized carbons (Fsp3) is 0.500. The first-order valence-electron chi connectivity index (χ1n) is 7.30. The summed E-state index contributed by atoms with van der Waals surface area (Å²) < 4.78 is 0. The number of carbonyl (C=O) groups excluding carboxylic acids is 2. The van der Waals surface area contributed by atoms with E-state index in [0.29, 0.717) is 25.9 Å². The van der Waals surface area contributed by atoms with E-state index in [1.807, 2.05) is 6.92 Å². The zero-order valence-corrected chi connectivity index (χ0v) is 12.2. The van der Waals surface area contributed by atoms with Crippen molar-refractivity contribution in [3.63, 3.8) is 0 Å². The van der Waals surface area contributed by atoms with E-state index in [-0.39, 0.29) is 17.9 Å². The Morgan fingerprint density at radius 3 is 2.40 bits per heavy atom.